The largest absolute Gasteiger partial charge is 0.342 e. The summed E-state index contributed by atoms with van der Waals surface area (Å²) in [4.78, 5) is 14.3. The Morgan fingerprint density at radius 1 is 1.53 bits per heavy atom. The summed E-state index contributed by atoms with van der Waals surface area (Å²) in [5.41, 5.74) is 0. The molecule has 3 rings (SSSR count). The maximum Gasteiger partial charge on any atom is 0.225 e. The number of thioether (sulfide) groups is 1. The molecule has 2 aliphatic rings. The van der Waals surface area contributed by atoms with Crippen molar-refractivity contribution in [1.82, 2.24) is 25.5 Å². The van der Waals surface area contributed by atoms with Gasteiger partial charge in [-0.15, -0.1) is 10.2 Å². The van der Waals surface area contributed by atoms with E-state index in [4.69, 9.17) is 0 Å². The highest BCUT2D eigenvalue weighted by atomic mass is 32.2. The topological polar surface area (TPSA) is 74.8 Å². The first kappa shape index (κ1) is 12.9. The molecule has 2 fully saturated rings. The van der Waals surface area contributed by atoms with Crippen LogP contribution in [0.4, 0.5) is 0 Å². The number of nitrogens with zero attached hydrogens (tertiary/aromatic N) is 4. The van der Waals surface area contributed by atoms with Gasteiger partial charge in [0.2, 0.25) is 5.91 Å². The van der Waals surface area contributed by atoms with Gasteiger partial charge in [0.15, 0.2) is 5.82 Å². The van der Waals surface area contributed by atoms with Gasteiger partial charge in [0, 0.05) is 36.6 Å². The van der Waals surface area contributed by atoms with Gasteiger partial charge in [-0.1, -0.05) is 12.1 Å². The minimum atomic E-state index is 0.252. The van der Waals surface area contributed by atoms with Crippen LogP contribution in [-0.4, -0.2) is 55.5 Å². The monoisotopic (exact) mass is 281 g/mol. The molecule has 0 radical (unpaired) electrons. The lowest BCUT2D eigenvalue weighted by Crippen LogP contribution is -2.53. The summed E-state index contributed by atoms with van der Waals surface area (Å²) in [6, 6.07) is 0. The highest BCUT2D eigenvalue weighted by molar-refractivity contribution is 7.99. The van der Waals surface area contributed by atoms with Crippen LogP contribution in [0, 0.1) is 11.8 Å². The zero-order valence-electron chi connectivity index (χ0n) is 11.1. The smallest absolute Gasteiger partial charge is 0.225 e. The molecule has 0 saturated carbocycles. The van der Waals surface area contributed by atoms with Gasteiger partial charge in [0.25, 0.3) is 0 Å². The van der Waals surface area contributed by atoms with Gasteiger partial charge >= 0.3 is 0 Å². The quantitative estimate of drug-likeness (QED) is 0.884. The fraction of sp³-hybridized carbons (Fsp3) is 0.833. The Bertz CT molecular complexity index is 431. The van der Waals surface area contributed by atoms with Crippen molar-refractivity contribution in [2.45, 2.75) is 31.4 Å². The second-order valence-corrected chi connectivity index (χ2v) is 7.09. The van der Waals surface area contributed by atoms with Crippen LogP contribution >= 0.6 is 11.8 Å². The second-order valence-electron chi connectivity index (χ2n) is 5.54. The Morgan fingerprint density at radius 2 is 2.37 bits per heavy atom. The van der Waals surface area contributed by atoms with Gasteiger partial charge in [0.05, 0.1) is 0 Å². The number of hydrogen-bond donors (Lipinski definition) is 1. The summed E-state index contributed by atoms with van der Waals surface area (Å²) in [5, 5.41) is 14.5. The average molecular weight is 281 g/mol. The number of tetrazole rings is 1. The van der Waals surface area contributed by atoms with E-state index >= 15 is 0 Å². The Kier molecular flexibility index (Phi) is 3.72. The van der Waals surface area contributed by atoms with Crippen molar-refractivity contribution < 1.29 is 4.79 Å². The molecule has 2 unspecified atom stereocenters. The maximum absolute atomic E-state index is 12.3. The summed E-state index contributed by atoms with van der Waals surface area (Å²) >= 11 is 1.98. The highest BCUT2D eigenvalue weighted by Gasteiger charge is 2.36. The van der Waals surface area contributed by atoms with E-state index < -0.39 is 0 Å². The van der Waals surface area contributed by atoms with Gasteiger partial charge in [0.1, 0.15) is 0 Å². The summed E-state index contributed by atoms with van der Waals surface area (Å²) in [6.07, 6.45) is 2.90. The summed E-state index contributed by atoms with van der Waals surface area (Å²) < 4.78 is 0. The number of hydrogen-bond acceptors (Lipinski definition) is 5. The summed E-state index contributed by atoms with van der Waals surface area (Å²) in [5.74, 6) is 2.98. The van der Waals surface area contributed by atoms with Gasteiger partial charge in [-0.25, -0.2) is 0 Å². The number of H-pyrrole nitrogens is 1. The normalized spacial score (nSPS) is 28.2. The van der Waals surface area contributed by atoms with E-state index in [0.717, 1.165) is 43.9 Å². The predicted molar refractivity (Wildman–Crippen MR) is 72.6 cm³/mol. The molecule has 1 amide bonds. The van der Waals surface area contributed by atoms with E-state index in [1.54, 1.807) is 0 Å². The molecule has 0 aliphatic carbocycles. The number of amides is 1. The molecule has 0 spiro atoms. The standard InChI is InChI=1S/C12H19N5OS/c1-8-4-10(2-3-19-8)12(18)17-6-9(7-17)5-11-13-15-16-14-11/h8-10H,2-7H2,1H3,(H,13,14,15,16). The fourth-order valence-corrected chi connectivity index (χ4v) is 4.08. The molecule has 1 aromatic rings. The molecular weight excluding hydrogens is 262 g/mol. The van der Waals surface area contributed by atoms with Crippen molar-refractivity contribution in [3.8, 4) is 0 Å². The number of carbonyl (C=O) groups is 1. The summed E-state index contributed by atoms with van der Waals surface area (Å²) in [7, 11) is 0. The fourth-order valence-electron chi connectivity index (χ4n) is 2.89. The van der Waals surface area contributed by atoms with Crippen LogP contribution in [0.2, 0.25) is 0 Å². The van der Waals surface area contributed by atoms with Crippen molar-refractivity contribution in [3.63, 3.8) is 0 Å². The first-order valence-corrected chi connectivity index (χ1v) is 7.90. The van der Waals surface area contributed by atoms with Crippen LogP contribution in [0.1, 0.15) is 25.6 Å². The lowest BCUT2D eigenvalue weighted by molar-refractivity contribution is -0.142. The molecule has 3 heterocycles. The zero-order chi connectivity index (χ0) is 13.2. The number of nitrogens with one attached hydrogen (secondary N) is 1. The molecule has 2 saturated heterocycles. The van der Waals surface area contributed by atoms with Crippen molar-refractivity contribution in [3.05, 3.63) is 5.82 Å². The Labute approximate surface area is 116 Å². The van der Waals surface area contributed by atoms with E-state index in [-0.39, 0.29) is 5.92 Å². The van der Waals surface area contributed by atoms with Crippen molar-refractivity contribution in [1.29, 1.82) is 0 Å². The van der Waals surface area contributed by atoms with Crippen LogP contribution in [0.3, 0.4) is 0 Å². The number of aromatic amines is 1. The molecule has 104 valence electrons. The second kappa shape index (κ2) is 5.48. The molecular formula is C12H19N5OS. The van der Waals surface area contributed by atoms with E-state index in [2.05, 4.69) is 27.5 Å². The Morgan fingerprint density at radius 3 is 3.05 bits per heavy atom. The third-order valence-electron chi connectivity index (χ3n) is 3.96. The predicted octanol–water partition coefficient (Wildman–Crippen LogP) is 0.732. The van der Waals surface area contributed by atoms with Gasteiger partial charge in [-0.05, 0) is 18.6 Å². The number of rotatable bonds is 3. The molecule has 1 N–H and O–H groups in total. The lowest BCUT2D eigenvalue weighted by Gasteiger charge is -2.41. The van der Waals surface area contributed by atoms with E-state index in [9.17, 15) is 4.79 Å². The molecule has 7 heteroatoms. The third kappa shape index (κ3) is 2.91. The maximum atomic E-state index is 12.3. The minimum Gasteiger partial charge on any atom is -0.342 e. The molecule has 0 bridgehead atoms. The van der Waals surface area contributed by atoms with Crippen molar-refractivity contribution >= 4 is 17.7 Å². The minimum absolute atomic E-state index is 0.252. The van der Waals surface area contributed by atoms with E-state index in [1.165, 1.54) is 0 Å². The average Bonchev–Trinajstić information content (AvgIpc) is 2.85. The Balaban J connectivity index is 1.46. The Hall–Kier alpha value is -1.11. The van der Waals surface area contributed by atoms with E-state index in [1.807, 2.05) is 16.7 Å². The summed E-state index contributed by atoms with van der Waals surface area (Å²) in [6.45, 7) is 3.93. The van der Waals surface area contributed by atoms with Crippen LogP contribution in [0.5, 0.6) is 0 Å². The molecule has 2 atom stereocenters. The first-order chi connectivity index (χ1) is 9.22. The number of carbonyl (C=O) groups excluding carboxylic acids is 1. The zero-order valence-corrected chi connectivity index (χ0v) is 11.9. The van der Waals surface area contributed by atoms with Crippen molar-refractivity contribution in [2.24, 2.45) is 11.8 Å². The van der Waals surface area contributed by atoms with Gasteiger partial charge in [-0.2, -0.15) is 17.0 Å². The van der Waals surface area contributed by atoms with Crippen LogP contribution in [0.15, 0.2) is 0 Å². The van der Waals surface area contributed by atoms with Gasteiger partial charge in [-0.3, -0.25) is 4.79 Å². The van der Waals surface area contributed by atoms with Crippen LogP contribution in [-0.2, 0) is 11.2 Å². The van der Waals surface area contributed by atoms with Gasteiger partial charge < -0.3 is 4.90 Å². The molecule has 1 aromatic heterocycles. The molecule has 0 aromatic carbocycles. The van der Waals surface area contributed by atoms with E-state index in [0.29, 0.717) is 17.1 Å². The highest BCUT2D eigenvalue weighted by Crippen LogP contribution is 2.32. The SMILES string of the molecule is CC1CC(C(=O)N2CC(Cc3nn[nH]n3)C2)CCS1. The molecule has 19 heavy (non-hydrogen) atoms. The lowest BCUT2D eigenvalue weighted by atomic mass is 9.91. The number of aromatic nitrogens is 4. The van der Waals surface area contributed by atoms with Crippen LogP contribution in [0.25, 0.3) is 0 Å². The van der Waals surface area contributed by atoms with Crippen molar-refractivity contribution in [2.75, 3.05) is 18.8 Å². The molecule has 2 aliphatic heterocycles. The third-order valence-corrected chi connectivity index (χ3v) is 5.20. The number of likely N-dealkylation sites (tertiary alicyclic amines) is 1. The first-order valence-electron chi connectivity index (χ1n) is 6.85. The van der Waals surface area contributed by atoms with Crippen LogP contribution < -0.4 is 0 Å². The molecule has 6 nitrogen and oxygen atoms in total.